The van der Waals surface area contributed by atoms with Crippen LogP contribution in [0.15, 0.2) is 109 Å². The van der Waals surface area contributed by atoms with Crippen molar-refractivity contribution >= 4 is 57.2 Å². The van der Waals surface area contributed by atoms with Crippen LogP contribution >= 0.6 is 0 Å². The van der Waals surface area contributed by atoms with E-state index in [1.165, 1.54) is 126 Å². The summed E-state index contributed by atoms with van der Waals surface area (Å²) in [6.45, 7) is 36.4. The van der Waals surface area contributed by atoms with Crippen molar-refractivity contribution in [3.63, 3.8) is 0 Å². The third-order valence-corrected chi connectivity index (χ3v) is 16.4. The molecule has 0 N–H and O–H groups in total. The first-order valence-electron chi connectivity index (χ1n) is 24.3. The Kier molecular flexibility index (Phi) is 9.38. The van der Waals surface area contributed by atoms with Gasteiger partial charge in [-0.05, 0) is 174 Å². The maximum Gasteiger partial charge on any atom is 0.252 e. The molecule has 0 saturated carbocycles. The van der Waals surface area contributed by atoms with Crippen molar-refractivity contribution in [3.8, 4) is 11.1 Å². The molecule has 4 aliphatic rings. The molecule has 328 valence electrons. The van der Waals surface area contributed by atoms with E-state index in [1.807, 2.05) is 0 Å². The maximum absolute atomic E-state index is 2.72. The molecular weight excluding hydrogens is 771 g/mol. The molecule has 2 aliphatic carbocycles. The quantitative estimate of drug-likeness (QED) is 0.164. The highest BCUT2D eigenvalue weighted by Crippen LogP contribution is 2.53. The van der Waals surface area contributed by atoms with E-state index >= 15 is 0 Å². The molecule has 64 heavy (non-hydrogen) atoms. The highest BCUT2D eigenvalue weighted by molar-refractivity contribution is 7.00. The van der Waals surface area contributed by atoms with Crippen molar-refractivity contribution in [2.24, 2.45) is 0 Å². The molecule has 0 unspecified atom stereocenters. The lowest BCUT2D eigenvalue weighted by molar-refractivity contribution is 0.332. The van der Waals surface area contributed by atoms with E-state index in [2.05, 4.69) is 223 Å². The van der Waals surface area contributed by atoms with Crippen LogP contribution in [0.5, 0.6) is 0 Å². The average Bonchev–Trinajstić information content (AvgIpc) is 3.23. The topological polar surface area (TPSA) is 6.48 Å². The SMILES string of the molecule is Cc1ccc(-c2ccccc2)cc1N1c2cc(C(C)(C)C)ccc2B2c3cc4c(cc3N(c3ccc5c(c3)C(C)(C)CCC5(C)C)c3cc(C(C)(C)C)cc1c32)C(C)(C)CCC4(C)C. The average molecular weight is 843 g/mol. The van der Waals surface area contributed by atoms with Gasteiger partial charge in [0.25, 0.3) is 6.71 Å². The Balaban J connectivity index is 1.35. The van der Waals surface area contributed by atoms with Gasteiger partial charge >= 0.3 is 0 Å². The zero-order valence-corrected chi connectivity index (χ0v) is 41.7. The minimum absolute atomic E-state index is 0.0227. The number of rotatable bonds is 3. The van der Waals surface area contributed by atoms with Gasteiger partial charge in [-0.1, -0.05) is 164 Å². The molecule has 2 aliphatic heterocycles. The number of fused-ring (bicyclic) bond motifs is 6. The van der Waals surface area contributed by atoms with E-state index in [4.69, 9.17) is 0 Å². The number of aryl methyl sites for hydroxylation is 1. The minimum atomic E-state index is -0.100. The number of benzene rings is 6. The number of hydrogen-bond donors (Lipinski definition) is 0. The van der Waals surface area contributed by atoms with Crippen LogP contribution in [0.1, 0.15) is 162 Å². The van der Waals surface area contributed by atoms with Gasteiger partial charge < -0.3 is 9.80 Å². The van der Waals surface area contributed by atoms with Crippen LogP contribution in [0.4, 0.5) is 34.1 Å². The lowest BCUT2D eigenvalue weighted by Gasteiger charge is -2.48. The molecule has 2 nitrogen and oxygen atoms in total. The molecule has 0 fully saturated rings. The van der Waals surface area contributed by atoms with Crippen molar-refractivity contribution < 1.29 is 0 Å². The summed E-state index contributed by atoms with van der Waals surface area (Å²) in [5, 5.41) is 0. The normalized spacial score (nSPS) is 18.7. The van der Waals surface area contributed by atoms with Crippen LogP contribution in [0.3, 0.4) is 0 Å². The van der Waals surface area contributed by atoms with Crippen molar-refractivity contribution in [1.29, 1.82) is 0 Å². The summed E-state index contributed by atoms with van der Waals surface area (Å²) in [6.07, 6.45) is 4.75. The highest BCUT2D eigenvalue weighted by atomic mass is 15.2. The van der Waals surface area contributed by atoms with Gasteiger partial charge in [0.1, 0.15) is 0 Å². The smallest absolute Gasteiger partial charge is 0.252 e. The van der Waals surface area contributed by atoms with Crippen molar-refractivity contribution in [2.75, 3.05) is 9.80 Å². The van der Waals surface area contributed by atoms with Crippen LogP contribution in [-0.4, -0.2) is 6.71 Å². The van der Waals surface area contributed by atoms with E-state index in [-0.39, 0.29) is 39.2 Å². The van der Waals surface area contributed by atoms with Gasteiger partial charge in [0.2, 0.25) is 0 Å². The molecule has 0 atom stereocenters. The van der Waals surface area contributed by atoms with Crippen LogP contribution in [0.2, 0.25) is 0 Å². The van der Waals surface area contributed by atoms with Crippen LogP contribution in [-0.2, 0) is 32.5 Å². The van der Waals surface area contributed by atoms with E-state index in [0.717, 1.165) is 0 Å². The summed E-state index contributed by atoms with van der Waals surface area (Å²) in [6, 6.07) is 43.6. The molecule has 0 aromatic heterocycles. The molecule has 6 aromatic carbocycles. The first kappa shape index (κ1) is 42.9. The van der Waals surface area contributed by atoms with Gasteiger partial charge in [0.15, 0.2) is 0 Å². The Morgan fingerprint density at radius 2 is 0.953 bits per heavy atom. The largest absolute Gasteiger partial charge is 0.311 e. The first-order chi connectivity index (χ1) is 29.9. The lowest BCUT2D eigenvalue weighted by atomic mass is 9.33. The van der Waals surface area contributed by atoms with Gasteiger partial charge in [-0.2, -0.15) is 0 Å². The van der Waals surface area contributed by atoms with Gasteiger partial charge in [0.05, 0.1) is 0 Å². The van der Waals surface area contributed by atoms with Crippen LogP contribution < -0.4 is 26.2 Å². The second-order valence-electron chi connectivity index (χ2n) is 24.9. The third-order valence-electron chi connectivity index (χ3n) is 16.4. The van der Waals surface area contributed by atoms with Crippen molar-refractivity contribution in [3.05, 3.63) is 148 Å². The Bertz CT molecular complexity index is 2880. The lowest BCUT2D eigenvalue weighted by Crippen LogP contribution is -2.62. The summed E-state index contributed by atoms with van der Waals surface area (Å²) < 4.78 is 0. The van der Waals surface area contributed by atoms with Crippen LogP contribution in [0, 0.1) is 6.92 Å². The fourth-order valence-corrected chi connectivity index (χ4v) is 11.9. The van der Waals surface area contributed by atoms with E-state index < -0.39 is 0 Å². The fourth-order valence-electron chi connectivity index (χ4n) is 11.9. The van der Waals surface area contributed by atoms with E-state index in [0.29, 0.717) is 0 Å². The van der Waals surface area contributed by atoms with Gasteiger partial charge in [-0.3, -0.25) is 0 Å². The fraction of sp³-hybridized carbons (Fsp3) is 0.410. The molecule has 0 bridgehead atoms. The van der Waals surface area contributed by atoms with E-state index in [1.54, 1.807) is 0 Å². The molecular formula is C61H71BN2. The Hall–Kier alpha value is -5.02. The van der Waals surface area contributed by atoms with E-state index in [9.17, 15) is 0 Å². The van der Waals surface area contributed by atoms with Gasteiger partial charge in [0, 0.05) is 34.1 Å². The molecule has 3 heteroatoms. The summed E-state index contributed by atoms with van der Waals surface area (Å²) in [5.74, 6) is 0. The monoisotopic (exact) mass is 843 g/mol. The first-order valence-corrected chi connectivity index (χ1v) is 24.3. The number of anilines is 6. The van der Waals surface area contributed by atoms with Crippen LogP contribution in [0.25, 0.3) is 11.1 Å². The maximum atomic E-state index is 2.72. The Morgan fingerprint density at radius 1 is 0.422 bits per heavy atom. The molecule has 0 saturated heterocycles. The molecule has 2 heterocycles. The molecule has 0 amide bonds. The second-order valence-corrected chi connectivity index (χ2v) is 24.9. The van der Waals surface area contributed by atoms with Gasteiger partial charge in [-0.25, -0.2) is 0 Å². The minimum Gasteiger partial charge on any atom is -0.311 e. The van der Waals surface area contributed by atoms with Gasteiger partial charge in [-0.15, -0.1) is 0 Å². The zero-order valence-electron chi connectivity index (χ0n) is 41.7. The Labute approximate surface area is 386 Å². The van der Waals surface area contributed by atoms with Crippen molar-refractivity contribution in [2.45, 2.75) is 162 Å². The molecule has 0 spiro atoms. The Morgan fingerprint density at radius 3 is 1.56 bits per heavy atom. The summed E-state index contributed by atoms with van der Waals surface area (Å²) in [4.78, 5) is 5.39. The number of hydrogen-bond acceptors (Lipinski definition) is 2. The molecule has 0 radical (unpaired) electrons. The number of nitrogens with zero attached hydrogens (tertiary/aromatic N) is 2. The summed E-state index contributed by atoms with van der Waals surface area (Å²) in [7, 11) is 0. The highest BCUT2D eigenvalue weighted by Gasteiger charge is 2.48. The standard InChI is InChI=1S/C61H71BN2/c1-38-21-22-40(39-19-17-16-18-20-39)31-50(38)64-51-32-41(56(2,3)4)23-26-48(51)62-49-36-46-47(61(14,15)30-29-60(46,12)13)37-52(49)63(53-33-42(57(5,6)7)34-54(64)55(53)62)43-24-25-44-45(35-43)59(10,11)28-27-58(44,8)9/h16-26,31-37H,27-30H2,1-15H3. The molecule has 6 aromatic rings. The summed E-state index contributed by atoms with van der Waals surface area (Å²) >= 11 is 0. The zero-order chi connectivity index (χ0) is 45.7. The predicted octanol–water partition coefficient (Wildman–Crippen LogP) is 15.0. The summed E-state index contributed by atoms with van der Waals surface area (Å²) in [5.41, 5.74) is 24.7. The van der Waals surface area contributed by atoms with Crippen molar-refractivity contribution in [1.82, 2.24) is 0 Å². The third kappa shape index (κ3) is 6.64. The second kappa shape index (κ2) is 14.0. The molecule has 10 rings (SSSR count). The predicted molar refractivity (Wildman–Crippen MR) is 279 cm³/mol.